The molecule has 0 radical (unpaired) electrons. The number of carbonyl (C=O) groups excluding carboxylic acids is 1. The summed E-state index contributed by atoms with van der Waals surface area (Å²) in [5.41, 5.74) is 0. The quantitative estimate of drug-likeness (QED) is 0.304. The van der Waals surface area contributed by atoms with Crippen LogP contribution in [0.4, 0.5) is 0 Å². The molecule has 0 unspecified atom stereocenters. The van der Waals surface area contributed by atoms with Crippen molar-refractivity contribution in [2.45, 2.75) is 0 Å². The third-order valence-electron chi connectivity index (χ3n) is 0.435. The van der Waals surface area contributed by atoms with Gasteiger partial charge in [0.25, 0.3) is 0 Å². The number of hydrogen-bond donors (Lipinski definition) is 0. The fourth-order valence-corrected chi connectivity index (χ4v) is 0.602. The van der Waals surface area contributed by atoms with Gasteiger partial charge in [-0.25, -0.2) is 4.79 Å². The van der Waals surface area contributed by atoms with E-state index in [0.717, 1.165) is 0 Å². The largest absolute Gasteiger partial charge is 0.784 e. The highest BCUT2D eigenvalue weighted by Crippen LogP contribution is 2.05. The Morgan fingerprint density at radius 3 is 2.29 bits per heavy atom. The zero-order valence-electron chi connectivity index (χ0n) is 3.13. The number of rotatable bonds is 0. The molecular formula is C2O4Si. The molecule has 0 bridgehead atoms. The first-order valence-corrected chi connectivity index (χ1v) is 2.70. The first-order valence-electron chi connectivity index (χ1n) is 1.47. The molecule has 0 aromatic rings. The molecule has 0 atom stereocenters. The molecule has 1 aliphatic rings. The smallest absolute Gasteiger partial charge is 0.421 e. The van der Waals surface area contributed by atoms with Gasteiger partial charge in [-0.1, -0.05) is 0 Å². The molecule has 0 saturated carbocycles. The van der Waals surface area contributed by atoms with Crippen LogP contribution in [0.3, 0.4) is 0 Å². The second-order valence-electron chi connectivity index (χ2n) is 0.844. The van der Waals surface area contributed by atoms with Crippen molar-refractivity contribution in [2.24, 2.45) is 0 Å². The van der Waals surface area contributed by atoms with E-state index >= 15 is 0 Å². The Bertz CT molecular complexity index is 145. The molecule has 1 aliphatic heterocycles. The van der Waals surface area contributed by atoms with Gasteiger partial charge >= 0.3 is 15.1 Å². The molecule has 1 heterocycles. The van der Waals surface area contributed by atoms with Crippen LogP contribution >= 0.6 is 0 Å². The maximum atomic E-state index is 9.81. The average molecular weight is 116 g/mol. The van der Waals surface area contributed by atoms with Gasteiger partial charge < -0.3 is 8.85 Å². The second kappa shape index (κ2) is 1.29. The van der Waals surface area contributed by atoms with Crippen LogP contribution in [-0.4, -0.2) is 15.1 Å². The van der Waals surface area contributed by atoms with Gasteiger partial charge in [-0.05, 0) is 0 Å². The summed E-state index contributed by atoms with van der Waals surface area (Å²) in [6, 6.07) is 0. The summed E-state index contributed by atoms with van der Waals surface area (Å²) in [6.45, 7) is 0. The van der Waals surface area contributed by atoms with E-state index < -0.39 is 9.17 Å². The lowest BCUT2D eigenvalue weighted by Gasteiger charge is -2.09. The van der Waals surface area contributed by atoms with Gasteiger partial charge in [-0.2, -0.15) is 0 Å². The fraction of sp³-hybridized carbons (Fsp3) is 0. The van der Waals surface area contributed by atoms with Crippen LogP contribution < -0.4 is 0 Å². The first-order chi connectivity index (χ1) is 3.33. The summed E-state index contributed by atoms with van der Waals surface area (Å²) in [6.07, 6.45) is 0. The first kappa shape index (κ1) is 4.23. The van der Waals surface area contributed by atoms with Gasteiger partial charge in [0.15, 0.2) is 0 Å². The van der Waals surface area contributed by atoms with Crippen LogP contribution in [0.2, 0.25) is 0 Å². The molecule has 7 heavy (non-hydrogen) atoms. The van der Waals surface area contributed by atoms with E-state index in [1.165, 1.54) is 5.94 Å². The van der Waals surface area contributed by atoms with Crippen LogP contribution in [0.15, 0.2) is 5.95 Å². The molecule has 36 valence electrons. The van der Waals surface area contributed by atoms with Crippen molar-refractivity contribution in [1.82, 2.24) is 0 Å². The van der Waals surface area contributed by atoms with Gasteiger partial charge in [-0.15, -0.1) is 0 Å². The lowest BCUT2D eigenvalue weighted by atomic mass is 11.0. The maximum Gasteiger partial charge on any atom is 0.784 e. The van der Waals surface area contributed by atoms with Crippen molar-refractivity contribution in [3.8, 4) is 0 Å². The third-order valence-corrected chi connectivity index (χ3v) is 1.14. The highest BCUT2D eigenvalue weighted by atomic mass is 28.3. The maximum absolute atomic E-state index is 9.81. The zero-order valence-corrected chi connectivity index (χ0v) is 4.13. The van der Waals surface area contributed by atoms with Crippen molar-refractivity contribution in [1.29, 1.82) is 0 Å². The van der Waals surface area contributed by atoms with E-state index in [1.807, 2.05) is 0 Å². The molecule has 0 amide bonds. The van der Waals surface area contributed by atoms with Crippen LogP contribution in [0.5, 0.6) is 0 Å². The molecule has 1 rings (SSSR count). The molecule has 1 fully saturated rings. The topological polar surface area (TPSA) is 52.6 Å². The average Bonchev–Trinajstić information content (AvgIpc) is 1.58. The van der Waals surface area contributed by atoms with Gasteiger partial charge in [0.2, 0.25) is 5.94 Å². The zero-order chi connectivity index (χ0) is 5.28. The van der Waals surface area contributed by atoms with Gasteiger partial charge in [0.1, 0.15) is 0 Å². The van der Waals surface area contributed by atoms with Crippen LogP contribution in [0.1, 0.15) is 0 Å². The summed E-state index contributed by atoms with van der Waals surface area (Å²) in [7, 11) is -2.30. The summed E-state index contributed by atoms with van der Waals surface area (Å²) >= 11 is 0. The van der Waals surface area contributed by atoms with E-state index in [4.69, 9.17) is 0 Å². The van der Waals surface area contributed by atoms with Crippen molar-refractivity contribution in [3.63, 3.8) is 0 Å². The van der Waals surface area contributed by atoms with E-state index in [-0.39, 0.29) is 5.95 Å². The Labute approximate surface area is 40.2 Å². The van der Waals surface area contributed by atoms with Gasteiger partial charge in [-0.3, -0.25) is 4.46 Å². The van der Waals surface area contributed by atoms with Gasteiger partial charge in [0, 0.05) is 0 Å². The minimum absolute atomic E-state index is 0.302. The van der Waals surface area contributed by atoms with Crippen molar-refractivity contribution in [2.75, 3.05) is 0 Å². The molecule has 1 saturated heterocycles. The molecular weight excluding hydrogens is 116 g/mol. The molecule has 0 aliphatic carbocycles. The van der Waals surface area contributed by atoms with Crippen molar-refractivity contribution in [3.05, 3.63) is 5.95 Å². The molecule has 0 aromatic heterocycles. The van der Waals surface area contributed by atoms with E-state index in [1.54, 1.807) is 0 Å². The van der Waals surface area contributed by atoms with Crippen molar-refractivity contribution >= 4 is 15.1 Å². The predicted octanol–water partition coefficient (Wildman–Crippen LogP) is -0.878. The van der Waals surface area contributed by atoms with E-state index in [2.05, 4.69) is 8.85 Å². The Morgan fingerprint density at radius 1 is 1.57 bits per heavy atom. The molecule has 0 spiro atoms. The summed E-state index contributed by atoms with van der Waals surface area (Å²) < 4.78 is 18.0. The Kier molecular flexibility index (Phi) is 0.779. The Morgan fingerprint density at radius 2 is 2.14 bits per heavy atom. The lowest BCUT2D eigenvalue weighted by Crippen LogP contribution is -2.24. The minimum atomic E-state index is -2.30. The van der Waals surface area contributed by atoms with Crippen LogP contribution in [0.25, 0.3) is 0 Å². The second-order valence-corrected chi connectivity index (χ2v) is 1.75. The predicted molar refractivity (Wildman–Crippen MR) is 17.8 cm³/mol. The molecule has 0 N–H and O–H groups in total. The van der Waals surface area contributed by atoms with Crippen LogP contribution in [0, 0.1) is 0 Å². The lowest BCUT2D eigenvalue weighted by molar-refractivity contribution is 0.0732. The molecule has 5 heteroatoms. The SMILES string of the molecule is O=C=C1O[Si](=O)O1. The Balaban J connectivity index is 2.61. The fourth-order valence-electron chi connectivity index (χ4n) is 0.201. The standard InChI is InChI=1S/C2O4Si/c3-1-2-5-7(4)6-2. The minimum Gasteiger partial charge on any atom is -0.421 e. The van der Waals surface area contributed by atoms with Crippen LogP contribution in [-0.2, 0) is 18.1 Å². The monoisotopic (exact) mass is 116 g/mol. The van der Waals surface area contributed by atoms with Gasteiger partial charge in [0.05, 0.1) is 0 Å². The third kappa shape index (κ3) is 0.580. The summed E-state index contributed by atoms with van der Waals surface area (Å²) in [4.78, 5) is 9.40. The normalized spacial score (nSPS) is 16.0. The van der Waals surface area contributed by atoms with E-state index in [0.29, 0.717) is 0 Å². The molecule has 0 aromatic carbocycles. The summed E-state index contributed by atoms with van der Waals surface area (Å²) in [5, 5.41) is 0. The van der Waals surface area contributed by atoms with E-state index in [9.17, 15) is 9.26 Å². The highest BCUT2D eigenvalue weighted by molar-refractivity contribution is 6.30. The summed E-state index contributed by atoms with van der Waals surface area (Å²) in [5.74, 6) is 0.978. The van der Waals surface area contributed by atoms with Crippen molar-refractivity contribution < 1.29 is 18.1 Å². The molecule has 4 nitrogen and oxygen atoms in total. The Hall–Kier alpha value is -0.933. The highest BCUT2D eigenvalue weighted by Gasteiger charge is 2.30. The number of hydrogen-bond acceptors (Lipinski definition) is 4.